The number of carboxylic acids is 1. The van der Waals surface area contributed by atoms with Gasteiger partial charge in [0.25, 0.3) is 5.69 Å². The fourth-order valence-electron chi connectivity index (χ4n) is 2.65. The summed E-state index contributed by atoms with van der Waals surface area (Å²) >= 11 is 0. The van der Waals surface area contributed by atoms with Crippen molar-refractivity contribution in [2.24, 2.45) is 0 Å². The van der Waals surface area contributed by atoms with E-state index < -0.39 is 10.9 Å². The van der Waals surface area contributed by atoms with E-state index in [4.69, 9.17) is 5.11 Å². The molecule has 7 nitrogen and oxygen atoms in total. The van der Waals surface area contributed by atoms with Gasteiger partial charge in [0.05, 0.1) is 11.3 Å². The van der Waals surface area contributed by atoms with Gasteiger partial charge >= 0.3 is 5.97 Å². The lowest BCUT2D eigenvalue weighted by Crippen LogP contribution is -2.41. The highest BCUT2D eigenvalue weighted by atomic mass is 16.6. The number of piperidine rings is 1. The highest BCUT2D eigenvalue weighted by Crippen LogP contribution is 2.29. The molecule has 7 heteroatoms. The molecule has 0 saturated carbocycles. The lowest BCUT2D eigenvalue weighted by molar-refractivity contribution is -0.385. The maximum Gasteiger partial charge on any atom is 0.305 e. The van der Waals surface area contributed by atoms with Gasteiger partial charge in [-0.1, -0.05) is 0 Å². The van der Waals surface area contributed by atoms with Gasteiger partial charge in [0, 0.05) is 18.7 Å². The Kier molecular flexibility index (Phi) is 4.16. The molecule has 0 spiro atoms. The minimum absolute atomic E-state index is 0.0435. The van der Waals surface area contributed by atoms with Crippen LogP contribution in [0.1, 0.15) is 31.2 Å². The lowest BCUT2D eigenvalue weighted by Gasteiger charge is -2.36. The molecular formula is C13H17N3O4. The summed E-state index contributed by atoms with van der Waals surface area (Å²) in [5.41, 5.74) is 0.662. The number of rotatable bonds is 4. The molecule has 0 amide bonds. The summed E-state index contributed by atoms with van der Waals surface area (Å²) in [5, 5.41) is 19.7. The standard InChI is InChI=1S/C13H17N3O4/c1-9-6-11(16(19)20)8-14-13(9)15-5-3-2-4-10(15)7-12(17)18/h6,8,10H,2-5,7H2,1H3,(H,17,18). The van der Waals surface area contributed by atoms with E-state index in [1.807, 2.05) is 4.90 Å². The van der Waals surface area contributed by atoms with Gasteiger partial charge < -0.3 is 10.0 Å². The summed E-state index contributed by atoms with van der Waals surface area (Å²) in [6, 6.07) is 1.39. The molecule has 1 fully saturated rings. The Labute approximate surface area is 116 Å². The van der Waals surface area contributed by atoms with Gasteiger partial charge in [0.1, 0.15) is 12.0 Å². The summed E-state index contributed by atoms with van der Waals surface area (Å²) in [7, 11) is 0. The van der Waals surface area contributed by atoms with Crippen LogP contribution in [0.15, 0.2) is 12.3 Å². The SMILES string of the molecule is Cc1cc([N+](=O)[O-])cnc1N1CCCCC1CC(=O)O. The van der Waals surface area contributed by atoms with Crippen LogP contribution in [0.3, 0.4) is 0 Å². The number of nitro groups is 1. The molecule has 1 aliphatic heterocycles. The second-order valence-corrected chi connectivity index (χ2v) is 5.03. The van der Waals surface area contributed by atoms with Crippen molar-refractivity contribution in [3.8, 4) is 0 Å². The smallest absolute Gasteiger partial charge is 0.305 e. The maximum atomic E-state index is 10.9. The average Bonchev–Trinajstić information content (AvgIpc) is 2.39. The molecule has 1 aliphatic rings. The van der Waals surface area contributed by atoms with Crippen LogP contribution in [0.5, 0.6) is 0 Å². The molecule has 2 heterocycles. The van der Waals surface area contributed by atoms with E-state index in [0.717, 1.165) is 25.8 Å². The van der Waals surface area contributed by atoms with Gasteiger partial charge in [-0.15, -0.1) is 0 Å². The number of pyridine rings is 1. The number of hydrogen-bond donors (Lipinski definition) is 1. The van der Waals surface area contributed by atoms with Crippen LogP contribution in [-0.2, 0) is 4.79 Å². The summed E-state index contributed by atoms with van der Waals surface area (Å²) in [6.07, 6.45) is 4.09. The van der Waals surface area contributed by atoms with Gasteiger partial charge in [-0.05, 0) is 31.7 Å². The monoisotopic (exact) mass is 279 g/mol. The predicted molar refractivity (Wildman–Crippen MR) is 72.9 cm³/mol. The van der Waals surface area contributed by atoms with Crippen molar-refractivity contribution >= 4 is 17.5 Å². The topological polar surface area (TPSA) is 96.6 Å². The Morgan fingerprint density at radius 2 is 2.35 bits per heavy atom. The van der Waals surface area contributed by atoms with E-state index in [-0.39, 0.29) is 18.2 Å². The molecule has 1 atom stereocenters. The molecule has 0 aliphatic carbocycles. The summed E-state index contributed by atoms with van der Waals surface area (Å²) in [4.78, 5) is 27.3. The molecule has 1 saturated heterocycles. The molecule has 108 valence electrons. The van der Waals surface area contributed by atoms with E-state index in [2.05, 4.69) is 4.98 Å². The molecule has 1 N–H and O–H groups in total. The van der Waals surface area contributed by atoms with E-state index in [0.29, 0.717) is 11.4 Å². The number of aromatic nitrogens is 1. The molecular weight excluding hydrogens is 262 g/mol. The molecule has 1 aromatic rings. The Balaban J connectivity index is 2.27. The minimum Gasteiger partial charge on any atom is -0.481 e. The highest BCUT2D eigenvalue weighted by molar-refractivity contribution is 5.68. The van der Waals surface area contributed by atoms with Crippen molar-refractivity contribution in [3.05, 3.63) is 27.9 Å². The second kappa shape index (κ2) is 5.85. The van der Waals surface area contributed by atoms with Gasteiger partial charge in [0.2, 0.25) is 0 Å². The number of nitrogens with zero attached hydrogens (tertiary/aromatic N) is 3. The van der Waals surface area contributed by atoms with E-state index >= 15 is 0 Å². The fraction of sp³-hybridized carbons (Fsp3) is 0.538. The molecule has 20 heavy (non-hydrogen) atoms. The van der Waals surface area contributed by atoms with Crippen molar-refractivity contribution in [1.82, 2.24) is 4.98 Å². The Morgan fingerprint density at radius 3 is 2.95 bits per heavy atom. The Morgan fingerprint density at radius 1 is 1.60 bits per heavy atom. The van der Waals surface area contributed by atoms with E-state index in [1.54, 1.807) is 6.92 Å². The number of aryl methyl sites for hydroxylation is 1. The average molecular weight is 279 g/mol. The third-order valence-corrected chi connectivity index (χ3v) is 3.56. The highest BCUT2D eigenvalue weighted by Gasteiger charge is 2.27. The van der Waals surface area contributed by atoms with Gasteiger partial charge in [0.15, 0.2) is 0 Å². The van der Waals surface area contributed by atoms with Crippen LogP contribution in [0.2, 0.25) is 0 Å². The Bertz CT molecular complexity index is 532. The predicted octanol–water partition coefficient (Wildman–Crippen LogP) is 2.13. The van der Waals surface area contributed by atoms with Crippen LogP contribution in [0.25, 0.3) is 0 Å². The van der Waals surface area contributed by atoms with Crippen molar-refractivity contribution in [1.29, 1.82) is 0 Å². The first-order valence-electron chi connectivity index (χ1n) is 6.58. The number of aliphatic carboxylic acids is 1. The maximum absolute atomic E-state index is 10.9. The summed E-state index contributed by atoms with van der Waals surface area (Å²) in [6.45, 7) is 2.51. The van der Waals surface area contributed by atoms with E-state index in [9.17, 15) is 14.9 Å². The molecule has 0 radical (unpaired) electrons. The van der Waals surface area contributed by atoms with E-state index in [1.165, 1.54) is 12.3 Å². The second-order valence-electron chi connectivity index (χ2n) is 5.03. The zero-order chi connectivity index (χ0) is 14.7. The van der Waals surface area contributed by atoms with Crippen molar-refractivity contribution in [2.45, 2.75) is 38.6 Å². The quantitative estimate of drug-likeness (QED) is 0.670. The van der Waals surface area contributed by atoms with Gasteiger partial charge in [-0.3, -0.25) is 14.9 Å². The molecule has 0 bridgehead atoms. The van der Waals surface area contributed by atoms with Crippen LogP contribution >= 0.6 is 0 Å². The normalized spacial score (nSPS) is 18.9. The number of hydrogen-bond acceptors (Lipinski definition) is 5. The number of carbonyl (C=O) groups is 1. The van der Waals surface area contributed by atoms with Crippen LogP contribution in [0.4, 0.5) is 11.5 Å². The third kappa shape index (κ3) is 3.04. The Hall–Kier alpha value is -2.18. The van der Waals surface area contributed by atoms with Crippen molar-refractivity contribution in [3.63, 3.8) is 0 Å². The minimum atomic E-state index is -0.832. The summed E-state index contributed by atoms with van der Waals surface area (Å²) < 4.78 is 0. The summed E-state index contributed by atoms with van der Waals surface area (Å²) in [5.74, 6) is -0.178. The first-order chi connectivity index (χ1) is 9.49. The molecule has 0 aromatic carbocycles. The first-order valence-corrected chi connectivity index (χ1v) is 6.58. The largest absolute Gasteiger partial charge is 0.481 e. The third-order valence-electron chi connectivity index (χ3n) is 3.56. The van der Waals surface area contributed by atoms with Crippen molar-refractivity contribution in [2.75, 3.05) is 11.4 Å². The number of carboxylic acid groups (broad SMARTS) is 1. The number of anilines is 1. The first kappa shape index (κ1) is 14.2. The molecule has 1 aromatic heterocycles. The van der Waals surface area contributed by atoms with Gasteiger partial charge in [-0.25, -0.2) is 4.98 Å². The van der Waals surface area contributed by atoms with Crippen LogP contribution in [0, 0.1) is 17.0 Å². The van der Waals surface area contributed by atoms with Crippen LogP contribution < -0.4 is 4.90 Å². The van der Waals surface area contributed by atoms with Gasteiger partial charge in [-0.2, -0.15) is 0 Å². The fourth-order valence-corrected chi connectivity index (χ4v) is 2.65. The lowest BCUT2D eigenvalue weighted by atomic mass is 9.99. The molecule has 2 rings (SSSR count). The van der Waals surface area contributed by atoms with Crippen molar-refractivity contribution < 1.29 is 14.8 Å². The zero-order valence-corrected chi connectivity index (χ0v) is 11.3. The molecule has 1 unspecified atom stereocenters. The zero-order valence-electron chi connectivity index (χ0n) is 11.3. The van der Waals surface area contributed by atoms with Crippen LogP contribution in [-0.4, -0.2) is 33.6 Å².